The Kier molecular flexibility index (Phi) is 5.17. The van der Waals surface area contributed by atoms with E-state index in [-0.39, 0.29) is 18.1 Å². The summed E-state index contributed by atoms with van der Waals surface area (Å²) in [6, 6.07) is 12.6. The van der Waals surface area contributed by atoms with E-state index in [4.69, 9.17) is 0 Å². The molecule has 2 aromatic carbocycles. The number of carbonyl (C=O) groups is 1. The number of rotatable bonds is 4. The Morgan fingerprint density at radius 1 is 1.14 bits per heavy atom. The van der Waals surface area contributed by atoms with Gasteiger partial charge in [-0.25, -0.2) is 0 Å². The molecule has 2 aliphatic rings. The summed E-state index contributed by atoms with van der Waals surface area (Å²) in [5, 5.41) is 11.9. The second-order valence-corrected chi connectivity index (χ2v) is 8.44. The first-order chi connectivity index (χ1) is 13.5. The highest BCUT2D eigenvalue weighted by molar-refractivity contribution is 8.00. The first kappa shape index (κ1) is 18.7. The number of thioether (sulfide) groups is 1. The molecule has 6 nitrogen and oxygen atoms in total. The smallest absolute Gasteiger partial charge is 0.270 e. The Hall–Kier alpha value is -2.67. The van der Waals surface area contributed by atoms with Gasteiger partial charge in [-0.2, -0.15) is 0 Å². The number of hydrogen-bond donors (Lipinski definition) is 0. The number of nitrogens with zero attached hydrogens (tertiary/aromatic N) is 3. The van der Waals surface area contributed by atoms with Gasteiger partial charge >= 0.3 is 0 Å². The maximum absolute atomic E-state index is 12.4. The molecule has 0 radical (unpaired) electrons. The number of benzene rings is 2. The Bertz CT molecular complexity index is 967. The number of nitro benzene ring substituents is 1. The predicted octanol–water partition coefficient (Wildman–Crippen LogP) is 4.44. The van der Waals surface area contributed by atoms with E-state index >= 15 is 0 Å². The van der Waals surface area contributed by atoms with Gasteiger partial charge in [0.2, 0.25) is 5.91 Å². The Labute approximate surface area is 167 Å². The third-order valence-corrected chi connectivity index (χ3v) is 6.71. The van der Waals surface area contributed by atoms with Gasteiger partial charge in [-0.05, 0) is 25.0 Å². The Morgan fingerprint density at radius 2 is 1.89 bits per heavy atom. The molecule has 0 spiro atoms. The molecule has 1 aliphatic heterocycles. The Morgan fingerprint density at radius 3 is 2.64 bits per heavy atom. The van der Waals surface area contributed by atoms with Crippen molar-refractivity contribution in [2.24, 2.45) is 4.99 Å². The Balaban J connectivity index is 1.84. The SMILES string of the molecule is CN1C(=O)CN=C(c2ccccc2SC2CCCC2)c2cc([N+](=O)[O-])ccc21. The molecule has 28 heavy (non-hydrogen) atoms. The van der Waals surface area contributed by atoms with Crippen molar-refractivity contribution in [1.29, 1.82) is 0 Å². The molecular formula is C21H21N3O3S. The van der Waals surface area contributed by atoms with E-state index in [1.54, 1.807) is 13.1 Å². The lowest BCUT2D eigenvalue weighted by Gasteiger charge is -2.19. The molecule has 1 fully saturated rings. The molecule has 0 saturated heterocycles. The standard InChI is InChI=1S/C21H21N3O3S/c1-23-18-11-10-14(24(26)27)12-17(18)21(22-13-20(23)25)16-8-4-5-9-19(16)28-15-6-2-3-7-15/h4-5,8-12,15H,2-3,6-7,13H2,1H3. The van der Waals surface area contributed by atoms with E-state index in [0.717, 1.165) is 10.5 Å². The van der Waals surface area contributed by atoms with Crippen LogP contribution in [-0.2, 0) is 4.79 Å². The van der Waals surface area contributed by atoms with Gasteiger partial charge in [-0.3, -0.25) is 19.9 Å². The molecule has 4 rings (SSSR count). The van der Waals surface area contributed by atoms with Crippen LogP contribution in [-0.4, -0.2) is 35.4 Å². The van der Waals surface area contributed by atoms with E-state index in [0.29, 0.717) is 22.2 Å². The van der Waals surface area contributed by atoms with Crippen LogP contribution in [0.2, 0.25) is 0 Å². The van der Waals surface area contributed by atoms with Crippen molar-refractivity contribution < 1.29 is 9.72 Å². The molecule has 1 saturated carbocycles. The lowest BCUT2D eigenvalue weighted by atomic mass is 9.99. The van der Waals surface area contributed by atoms with Crippen molar-refractivity contribution in [3.05, 3.63) is 63.7 Å². The predicted molar refractivity (Wildman–Crippen MR) is 112 cm³/mol. The quantitative estimate of drug-likeness (QED) is 0.566. The van der Waals surface area contributed by atoms with Crippen LogP contribution in [0.3, 0.4) is 0 Å². The molecule has 1 aliphatic carbocycles. The van der Waals surface area contributed by atoms with Gasteiger partial charge in [-0.15, -0.1) is 11.8 Å². The lowest BCUT2D eigenvalue weighted by molar-refractivity contribution is -0.384. The zero-order valence-corrected chi connectivity index (χ0v) is 16.4. The number of nitro groups is 1. The summed E-state index contributed by atoms with van der Waals surface area (Å²) in [6.07, 6.45) is 4.92. The van der Waals surface area contributed by atoms with E-state index in [1.807, 2.05) is 30.0 Å². The fourth-order valence-electron chi connectivity index (χ4n) is 3.77. The van der Waals surface area contributed by atoms with Gasteiger partial charge in [0.1, 0.15) is 6.54 Å². The molecule has 0 N–H and O–H groups in total. The molecule has 2 aromatic rings. The van der Waals surface area contributed by atoms with Crippen molar-refractivity contribution in [2.75, 3.05) is 18.5 Å². The number of anilines is 1. The van der Waals surface area contributed by atoms with E-state index in [1.165, 1.54) is 42.7 Å². The average molecular weight is 395 g/mol. The largest absolute Gasteiger partial charge is 0.313 e. The van der Waals surface area contributed by atoms with Gasteiger partial charge < -0.3 is 4.90 Å². The number of likely N-dealkylation sites (N-methyl/N-ethyl adjacent to an activating group) is 1. The van der Waals surface area contributed by atoms with Crippen LogP contribution in [0.25, 0.3) is 0 Å². The van der Waals surface area contributed by atoms with E-state index in [2.05, 4.69) is 11.1 Å². The summed E-state index contributed by atoms with van der Waals surface area (Å²) in [5.41, 5.74) is 2.85. The van der Waals surface area contributed by atoms with Crippen LogP contribution in [0, 0.1) is 10.1 Å². The molecule has 7 heteroatoms. The zero-order chi connectivity index (χ0) is 19.7. The molecule has 0 bridgehead atoms. The van der Waals surface area contributed by atoms with Crippen LogP contribution in [0.15, 0.2) is 52.4 Å². The topological polar surface area (TPSA) is 75.8 Å². The maximum atomic E-state index is 12.4. The van der Waals surface area contributed by atoms with Crippen molar-refractivity contribution in [2.45, 2.75) is 35.8 Å². The van der Waals surface area contributed by atoms with Gasteiger partial charge in [-0.1, -0.05) is 31.0 Å². The van der Waals surface area contributed by atoms with Crippen molar-refractivity contribution in [1.82, 2.24) is 0 Å². The average Bonchev–Trinajstić information content (AvgIpc) is 3.17. The van der Waals surface area contributed by atoms with Gasteiger partial charge in [0.05, 0.1) is 16.3 Å². The highest BCUT2D eigenvalue weighted by Gasteiger charge is 2.27. The first-order valence-electron chi connectivity index (χ1n) is 9.40. The summed E-state index contributed by atoms with van der Waals surface area (Å²) < 4.78 is 0. The maximum Gasteiger partial charge on any atom is 0.270 e. The molecule has 0 unspecified atom stereocenters. The van der Waals surface area contributed by atoms with E-state index in [9.17, 15) is 14.9 Å². The number of fused-ring (bicyclic) bond motifs is 1. The third kappa shape index (κ3) is 3.54. The van der Waals surface area contributed by atoms with Gasteiger partial charge in [0.15, 0.2) is 0 Å². The number of hydrogen-bond acceptors (Lipinski definition) is 5. The second-order valence-electron chi connectivity index (χ2n) is 7.10. The van der Waals surface area contributed by atoms with Crippen LogP contribution in [0.4, 0.5) is 11.4 Å². The molecule has 0 aromatic heterocycles. The third-order valence-electron chi connectivity index (χ3n) is 5.29. The number of aliphatic imine (C=N–C) groups is 1. The fourth-order valence-corrected chi connectivity index (χ4v) is 5.15. The molecule has 1 heterocycles. The fraction of sp³-hybridized carbons (Fsp3) is 0.333. The summed E-state index contributed by atoms with van der Waals surface area (Å²) in [5.74, 6) is -0.133. The van der Waals surface area contributed by atoms with Crippen LogP contribution in [0.5, 0.6) is 0 Å². The molecule has 1 amide bonds. The normalized spacial score (nSPS) is 17.2. The minimum absolute atomic E-state index is 0.00451. The van der Waals surface area contributed by atoms with Crippen molar-refractivity contribution >= 4 is 34.8 Å². The minimum Gasteiger partial charge on any atom is -0.313 e. The number of carbonyl (C=O) groups excluding carboxylic acids is 1. The molecule has 144 valence electrons. The zero-order valence-electron chi connectivity index (χ0n) is 15.6. The van der Waals surface area contributed by atoms with Crippen molar-refractivity contribution in [3.8, 4) is 0 Å². The summed E-state index contributed by atoms with van der Waals surface area (Å²) in [7, 11) is 1.69. The number of amides is 1. The highest BCUT2D eigenvalue weighted by atomic mass is 32.2. The summed E-state index contributed by atoms with van der Waals surface area (Å²) >= 11 is 1.85. The van der Waals surface area contributed by atoms with E-state index < -0.39 is 4.92 Å². The van der Waals surface area contributed by atoms with Crippen LogP contribution in [0.1, 0.15) is 36.8 Å². The summed E-state index contributed by atoms with van der Waals surface area (Å²) in [4.78, 5) is 30.6. The van der Waals surface area contributed by atoms with Crippen LogP contribution >= 0.6 is 11.8 Å². The summed E-state index contributed by atoms with van der Waals surface area (Å²) in [6.45, 7) is 0.0245. The lowest BCUT2D eigenvalue weighted by Crippen LogP contribution is -2.27. The van der Waals surface area contributed by atoms with Gasteiger partial charge in [0.25, 0.3) is 5.69 Å². The monoisotopic (exact) mass is 395 g/mol. The van der Waals surface area contributed by atoms with Crippen molar-refractivity contribution in [3.63, 3.8) is 0 Å². The number of benzodiazepines with no additional fused rings is 1. The van der Waals surface area contributed by atoms with Crippen LogP contribution < -0.4 is 4.90 Å². The highest BCUT2D eigenvalue weighted by Crippen LogP contribution is 2.38. The molecular weight excluding hydrogens is 374 g/mol. The number of non-ortho nitro benzene ring substituents is 1. The second kappa shape index (κ2) is 7.75. The first-order valence-corrected chi connectivity index (χ1v) is 10.3. The minimum atomic E-state index is -0.413. The molecule has 0 atom stereocenters. The van der Waals surface area contributed by atoms with Gasteiger partial charge in [0, 0.05) is 40.5 Å².